The predicted molar refractivity (Wildman–Crippen MR) is 101 cm³/mol. The van der Waals surface area contributed by atoms with E-state index in [1.54, 1.807) is 0 Å². The van der Waals surface area contributed by atoms with Crippen molar-refractivity contribution < 1.29 is 4.74 Å². The summed E-state index contributed by atoms with van der Waals surface area (Å²) in [4.78, 5) is 4.49. The third-order valence-corrected chi connectivity index (χ3v) is 4.39. The second-order valence-corrected chi connectivity index (χ2v) is 8.87. The maximum absolute atomic E-state index is 8.21. The molecule has 0 aromatic carbocycles. The van der Waals surface area contributed by atoms with Crippen molar-refractivity contribution in [2.45, 2.75) is 72.8 Å². The number of halogens is 1. The largest absolute Gasteiger partial charge is 0.475 e. The molecule has 1 aromatic heterocycles. The molecule has 23 heavy (non-hydrogen) atoms. The number of rotatable bonds is 7. The van der Waals surface area contributed by atoms with Crippen LogP contribution in [-0.4, -0.2) is 16.5 Å². The van der Waals surface area contributed by atoms with Crippen LogP contribution in [0, 0.1) is 16.7 Å². The number of pyridine rings is 1. The molecule has 4 heteroatoms. The molecule has 0 aliphatic rings. The van der Waals surface area contributed by atoms with Crippen molar-refractivity contribution in [3.8, 4) is 0 Å². The SMILES string of the molecule is CC(CCc1cccc(Br)n1)CCC(C)(C)C(=N)OC(C)(C)C. The van der Waals surface area contributed by atoms with Crippen LogP contribution >= 0.6 is 15.9 Å². The molecule has 1 rings (SSSR count). The average molecular weight is 383 g/mol. The van der Waals surface area contributed by atoms with Crippen LogP contribution in [0.1, 0.15) is 66.5 Å². The van der Waals surface area contributed by atoms with Gasteiger partial charge in [0.25, 0.3) is 0 Å². The first-order chi connectivity index (χ1) is 10.5. The number of ether oxygens (including phenoxy) is 1. The Kier molecular flexibility index (Phi) is 7.25. The second-order valence-electron chi connectivity index (χ2n) is 8.06. The first-order valence-corrected chi connectivity index (χ1v) is 9.18. The van der Waals surface area contributed by atoms with Gasteiger partial charge in [-0.3, -0.25) is 5.41 Å². The maximum atomic E-state index is 8.21. The number of hydrogen-bond acceptors (Lipinski definition) is 3. The summed E-state index contributed by atoms with van der Waals surface area (Å²) in [5.74, 6) is 1.00. The highest BCUT2D eigenvalue weighted by Gasteiger charge is 2.29. The van der Waals surface area contributed by atoms with Crippen molar-refractivity contribution in [1.29, 1.82) is 5.41 Å². The topological polar surface area (TPSA) is 46.0 Å². The zero-order valence-electron chi connectivity index (χ0n) is 15.4. The molecule has 130 valence electrons. The Labute approximate surface area is 149 Å². The Morgan fingerprint density at radius 1 is 1.22 bits per heavy atom. The lowest BCUT2D eigenvalue weighted by Crippen LogP contribution is -2.33. The summed E-state index contributed by atoms with van der Waals surface area (Å²) in [6, 6.07) is 6.07. The average Bonchev–Trinajstić information content (AvgIpc) is 2.41. The van der Waals surface area contributed by atoms with Gasteiger partial charge in [-0.15, -0.1) is 0 Å². The molecule has 0 saturated heterocycles. The van der Waals surface area contributed by atoms with Gasteiger partial charge in [-0.2, -0.15) is 0 Å². The first-order valence-electron chi connectivity index (χ1n) is 8.39. The molecule has 1 heterocycles. The van der Waals surface area contributed by atoms with E-state index < -0.39 is 0 Å². The molecule has 0 fully saturated rings. The fourth-order valence-electron chi connectivity index (χ4n) is 2.29. The standard InChI is InChI=1S/C19H31BrN2O/c1-14(10-11-15-8-7-9-16(20)22-15)12-13-19(5,6)17(21)23-18(2,3)4/h7-9,14,21H,10-13H2,1-6H3. The van der Waals surface area contributed by atoms with Gasteiger partial charge in [-0.1, -0.05) is 26.8 Å². The zero-order chi connectivity index (χ0) is 17.7. The summed E-state index contributed by atoms with van der Waals surface area (Å²) in [5, 5.41) is 8.21. The molecule has 0 amide bonds. The summed E-state index contributed by atoms with van der Waals surface area (Å²) in [7, 11) is 0. The number of hydrogen-bond donors (Lipinski definition) is 1. The molecule has 1 N–H and O–H groups in total. The first kappa shape index (κ1) is 20.1. The molecule has 0 spiro atoms. The van der Waals surface area contributed by atoms with Gasteiger partial charge in [0, 0.05) is 11.1 Å². The van der Waals surface area contributed by atoms with Crippen LogP contribution < -0.4 is 0 Å². The Balaban J connectivity index is 2.42. The van der Waals surface area contributed by atoms with E-state index in [0.717, 1.165) is 36.0 Å². The molecule has 1 atom stereocenters. The lowest BCUT2D eigenvalue weighted by atomic mass is 9.83. The highest BCUT2D eigenvalue weighted by molar-refractivity contribution is 9.10. The Morgan fingerprint density at radius 2 is 1.87 bits per heavy atom. The van der Waals surface area contributed by atoms with Crippen LogP contribution in [0.3, 0.4) is 0 Å². The van der Waals surface area contributed by atoms with Gasteiger partial charge in [0.1, 0.15) is 10.2 Å². The molecular formula is C19H31BrN2O. The highest BCUT2D eigenvalue weighted by Crippen LogP contribution is 2.29. The van der Waals surface area contributed by atoms with Crippen LogP contribution in [-0.2, 0) is 11.2 Å². The molecule has 0 aliphatic heterocycles. The summed E-state index contributed by atoms with van der Waals surface area (Å²) < 4.78 is 6.64. The Hall–Kier alpha value is -0.900. The molecular weight excluding hydrogens is 352 g/mol. The highest BCUT2D eigenvalue weighted by atomic mass is 79.9. The van der Waals surface area contributed by atoms with Crippen molar-refractivity contribution >= 4 is 21.8 Å². The molecule has 0 saturated carbocycles. The van der Waals surface area contributed by atoms with Gasteiger partial charge in [-0.25, -0.2) is 4.98 Å². The van der Waals surface area contributed by atoms with Crippen molar-refractivity contribution in [2.75, 3.05) is 0 Å². The maximum Gasteiger partial charge on any atom is 0.186 e. The van der Waals surface area contributed by atoms with Gasteiger partial charge in [0.2, 0.25) is 0 Å². The minimum atomic E-state index is -0.299. The molecule has 1 unspecified atom stereocenters. The number of nitrogens with one attached hydrogen (secondary N) is 1. The minimum absolute atomic E-state index is 0.213. The summed E-state index contributed by atoms with van der Waals surface area (Å²) in [5.41, 5.74) is 0.622. The third kappa shape index (κ3) is 7.96. The molecule has 0 radical (unpaired) electrons. The van der Waals surface area contributed by atoms with E-state index in [0.29, 0.717) is 11.8 Å². The third-order valence-electron chi connectivity index (χ3n) is 3.95. The van der Waals surface area contributed by atoms with E-state index in [2.05, 4.69) is 47.8 Å². The van der Waals surface area contributed by atoms with Crippen LogP contribution in [0.25, 0.3) is 0 Å². The van der Waals surface area contributed by atoms with Gasteiger partial charge in [-0.05, 0) is 80.4 Å². The van der Waals surface area contributed by atoms with Gasteiger partial charge < -0.3 is 4.74 Å². The van der Waals surface area contributed by atoms with E-state index in [1.165, 1.54) is 0 Å². The molecule has 0 aliphatic carbocycles. The van der Waals surface area contributed by atoms with Gasteiger partial charge >= 0.3 is 0 Å². The van der Waals surface area contributed by atoms with Gasteiger partial charge in [0.15, 0.2) is 5.90 Å². The van der Waals surface area contributed by atoms with Crippen molar-refractivity contribution in [3.63, 3.8) is 0 Å². The summed E-state index contributed by atoms with van der Waals surface area (Å²) in [6.07, 6.45) is 4.18. The van der Waals surface area contributed by atoms with Gasteiger partial charge in [0.05, 0.1) is 0 Å². The molecule has 3 nitrogen and oxygen atoms in total. The van der Waals surface area contributed by atoms with E-state index in [-0.39, 0.29) is 11.0 Å². The van der Waals surface area contributed by atoms with E-state index in [1.807, 2.05) is 32.9 Å². The fraction of sp³-hybridized carbons (Fsp3) is 0.684. The second kappa shape index (κ2) is 8.27. The van der Waals surface area contributed by atoms with Crippen LogP contribution in [0.4, 0.5) is 0 Å². The number of nitrogens with zero attached hydrogens (tertiary/aromatic N) is 1. The monoisotopic (exact) mass is 382 g/mol. The Bertz CT molecular complexity index is 520. The Morgan fingerprint density at radius 3 is 2.43 bits per heavy atom. The normalized spacial score (nSPS) is 13.7. The lowest BCUT2D eigenvalue weighted by molar-refractivity contribution is 0.0915. The predicted octanol–water partition coefficient (Wildman–Crippen LogP) is 6.01. The van der Waals surface area contributed by atoms with Crippen molar-refractivity contribution in [2.24, 2.45) is 11.3 Å². The summed E-state index contributed by atoms with van der Waals surface area (Å²) >= 11 is 3.42. The lowest BCUT2D eigenvalue weighted by Gasteiger charge is -2.31. The van der Waals surface area contributed by atoms with E-state index >= 15 is 0 Å². The fourth-order valence-corrected chi connectivity index (χ4v) is 2.67. The minimum Gasteiger partial charge on any atom is -0.475 e. The molecule has 1 aromatic rings. The zero-order valence-corrected chi connectivity index (χ0v) is 17.0. The van der Waals surface area contributed by atoms with E-state index in [9.17, 15) is 0 Å². The molecule has 0 bridgehead atoms. The quantitative estimate of drug-likeness (QED) is 0.356. The van der Waals surface area contributed by atoms with E-state index in [4.69, 9.17) is 10.1 Å². The van der Waals surface area contributed by atoms with Crippen LogP contribution in [0.5, 0.6) is 0 Å². The smallest absolute Gasteiger partial charge is 0.186 e. The van der Waals surface area contributed by atoms with Crippen molar-refractivity contribution in [1.82, 2.24) is 4.98 Å². The van der Waals surface area contributed by atoms with Crippen LogP contribution in [0.15, 0.2) is 22.8 Å². The summed E-state index contributed by atoms with van der Waals surface area (Å²) in [6.45, 7) is 12.5. The number of aromatic nitrogens is 1. The van der Waals surface area contributed by atoms with Crippen LogP contribution in [0.2, 0.25) is 0 Å². The number of aryl methyl sites for hydroxylation is 1. The van der Waals surface area contributed by atoms with Crippen molar-refractivity contribution in [3.05, 3.63) is 28.5 Å².